The molecule has 0 aliphatic rings. The highest BCUT2D eigenvalue weighted by Gasteiger charge is 2.15. The molecule has 6 heteroatoms. The fourth-order valence-corrected chi connectivity index (χ4v) is 2.64. The van der Waals surface area contributed by atoms with Crippen LogP contribution in [0.15, 0.2) is 71.6 Å². The molecule has 1 N–H and O–H groups in total. The van der Waals surface area contributed by atoms with E-state index in [1.165, 1.54) is 0 Å². The minimum Gasteiger partial charge on any atom is -0.365 e. The molecule has 0 aliphatic carbocycles. The van der Waals surface area contributed by atoms with Crippen LogP contribution in [-0.2, 0) is 6.54 Å². The van der Waals surface area contributed by atoms with Gasteiger partial charge in [-0.1, -0.05) is 35.0 Å². The second-order valence-electron chi connectivity index (χ2n) is 5.91. The molecule has 0 fully saturated rings. The van der Waals surface area contributed by atoms with Gasteiger partial charge in [0.15, 0.2) is 0 Å². The first-order valence-corrected chi connectivity index (χ1v) is 8.28. The maximum absolute atomic E-state index is 5.48. The van der Waals surface area contributed by atoms with Crippen molar-refractivity contribution in [1.29, 1.82) is 0 Å². The fraction of sp³-hybridized carbons (Fsp3) is 0.100. The molecule has 0 amide bonds. The van der Waals surface area contributed by atoms with E-state index in [4.69, 9.17) is 4.52 Å². The van der Waals surface area contributed by atoms with Gasteiger partial charge in [-0.3, -0.25) is 4.98 Å². The molecule has 0 aliphatic heterocycles. The Balaban J connectivity index is 1.60. The van der Waals surface area contributed by atoms with Gasteiger partial charge >= 0.3 is 0 Å². The molecule has 1 aromatic carbocycles. The molecule has 3 aromatic heterocycles. The number of nitrogens with one attached hydrogen (secondary N) is 1. The van der Waals surface area contributed by atoms with Crippen molar-refractivity contribution in [2.75, 3.05) is 5.32 Å². The lowest BCUT2D eigenvalue weighted by Crippen LogP contribution is -2.03. The Hall–Kier alpha value is -3.54. The van der Waals surface area contributed by atoms with Crippen LogP contribution in [0.5, 0.6) is 0 Å². The van der Waals surface area contributed by atoms with Crippen LogP contribution in [0.25, 0.3) is 22.8 Å². The van der Waals surface area contributed by atoms with Gasteiger partial charge in [-0.2, -0.15) is 4.98 Å². The Bertz CT molecular complexity index is 1010. The van der Waals surface area contributed by atoms with Gasteiger partial charge in [0, 0.05) is 30.7 Å². The van der Waals surface area contributed by atoms with E-state index in [0.717, 1.165) is 22.3 Å². The summed E-state index contributed by atoms with van der Waals surface area (Å²) in [6.45, 7) is 2.64. The summed E-state index contributed by atoms with van der Waals surface area (Å²) in [5.74, 6) is 1.69. The maximum atomic E-state index is 5.48. The molecule has 4 aromatic rings. The predicted molar refractivity (Wildman–Crippen MR) is 99.3 cm³/mol. The Morgan fingerprint density at radius 1 is 1.04 bits per heavy atom. The SMILES string of the molecule is Cc1cccc(-c2noc(-c3cccnc3NCc3cccnc3)n2)c1. The Kier molecular flexibility index (Phi) is 4.38. The third kappa shape index (κ3) is 3.44. The highest BCUT2D eigenvalue weighted by Crippen LogP contribution is 2.27. The summed E-state index contributed by atoms with van der Waals surface area (Å²) in [5.41, 5.74) is 3.90. The predicted octanol–water partition coefficient (Wildman–Crippen LogP) is 4.11. The van der Waals surface area contributed by atoms with Crippen LogP contribution in [0.3, 0.4) is 0 Å². The average Bonchev–Trinajstić information content (AvgIpc) is 3.17. The zero-order valence-electron chi connectivity index (χ0n) is 14.3. The molecule has 6 nitrogen and oxygen atoms in total. The maximum Gasteiger partial charge on any atom is 0.261 e. The van der Waals surface area contributed by atoms with Crippen molar-refractivity contribution in [3.63, 3.8) is 0 Å². The number of hydrogen-bond acceptors (Lipinski definition) is 6. The van der Waals surface area contributed by atoms with Gasteiger partial charge in [-0.15, -0.1) is 0 Å². The Morgan fingerprint density at radius 2 is 1.96 bits per heavy atom. The van der Waals surface area contributed by atoms with Crippen LogP contribution in [-0.4, -0.2) is 20.1 Å². The molecular weight excluding hydrogens is 326 g/mol. The Labute approximate surface area is 151 Å². The van der Waals surface area contributed by atoms with E-state index in [1.807, 2.05) is 61.7 Å². The van der Waals surface area contributed by atoms with Gasteiger partial charge in [-0.05, 0) is 36.8 Å². The van der Waals surface area contributed by atoms with Crippen LogP contribution in [0.1, 0.15) is 11.1 Å². The van der Waals surface area contributed by atoms with Crippen LogP contribution < -0.4 is 5.32 Å². The standard InChI is InChI=1S/C20H17N5O/c1-14-5-2-7-16(11-14)18-24-20(26-25-18)17-8-4-10-22-19(17)23-13-15-6-3-9-21-12-15/h2-12H,13H2,1H3,(H,22,23). The molecule has 0 bridgehead atoms. The smallest absolute Gasteiger partial charge is 0.261 e. The number of aromatic nitrogens is 4. The number of aryl methyl sites for hydroxylation is 1. The molecule has 26 heavy (non-hydrogen) atoms. The van der Waals surface area contributed by atoms with Crippen molar-refractivity contribution in [2.45, 2.75) is 13.5 Å². The topological polar surface area (TPSA) is 76.7 Å². The molecular formula is C20H17N5O. The number of pyridine rings is 2. The average molecular weight is 343 g/mol. The van der Waals surface area contributed by atoms with E-state index < -0.39 is 0 Å². The summed E-state index contributed by atoms with van der Waals surface area (Å²) in [6.07, 6.45) is 5.30. The van der Waals surface area contributed by atoms with Gasteiger partial charge in [0.05, 0.1) is 5.56 Å². The zero-order valence-corrected chi connectivity index (χ0v) is 14.3. The first-order chi connectivity index (χ1) is 12.8. The summed E-state index contributed by atoms with van der Waals surface area (Å²) in [4.78, 5) is 13.1. The molecule has 3 heterocycles. The normalized spacial score (nSPS) is 10.7. The molecule has 128 valence electrons. The monoisotopic (exact) mass is 343 g/mol. The first-order valence-electron chi connectivity index (χ1n) is 8.28. The summed E-state index contributed by atoms with van der Waals surface area (Å²) < 4.78 is 5.48. The second kappa shape index (κ2) is 7.14. The van der Waals surface area contributed by atoms with Crippen LogP contribution in [0.4, 0.5) is 5.82 Å². The Morgan fingerprint density at radius 3 is 2.81 bits per heavy atom. The quantitative estimate of drug-likeness (QED) is 0.587. The van der Waals surface area contributed by atoms with E-state index in [1.54, 1.807) is 12.4 Å². The van der Waals surface area contributed by atoms with E-state index >= 15 is 0 Å². The highest BCUT2D eigenvalue weighted by molar-refractivity contribution is 5.70. The van der Waals surface area contributed by atoms with E-state index in [9.17, 15) is 0 Å². The van der Waals surface area contributed by atoms with Gasteiger partial charge < -0.3 is 9.84 Å². The third-order valence-electron chi connectivity index (χ3n) is 3.92. The molecule has 0 radical (unpaired) electrons. The molecule has 0 unspecified atom stereocenters. The lowest BCUT2D eigenvalue weighted by Gasteiger charge is -2.08. The number of nitrogens with zero attached hydrogens (tertiary/aromatic N) is 4. The van der Waals surface area contributed by atoms with Crippen molar-refractivity contribution in [3.05, 3.63) is 78.2 Å². The third-order valence-corrected chi connectivity index (χ3v) is 3.92. The number of anilines is 1. The van der Waals surface area contributed by atoms with Crippen molar-refractivity contribution in [2.24, 2.45) is 0 Å². The first kappa shape index (κ1) is 16.0. The van der Waals surface area contributed by atoms with Gasteiger partial charge in [-0.25, -0.2) is 4.98 Å². The summed E-state index contributed by atoms with van der Waals surface area (Å²) in [7, 11) is 0. The van der Waals surface area contributed by atoms with Gasteiger partial charge in [0.2, 0.25) is 5.82 Å². The highest BCUT2D eigenvalue weighted by atomic mass is 16.5. The van der Waals surface area contributed by atoms with Crippen molar-refractivity contribution in [1.82, 2.24) is 20.1 Å². The molecule has 4 rings (SSSR count). The van der Waals surface area contributed by atoms with Crippen LogP contribution in [0, 0.1) is 6.92 Å². The van der Waals surface area contributed by atoms with Crippen LogP contribution >= 0.6 is 0 Å². The van der Waals surface area contributed by atoms with Crippen molar-refractivity contribution in [3.8, 4) is 22.8 Å². The van der Waals surface area contributed by atoms with Crippen LogP contribution in [0.2, 0.25) is 0 Å². The number of rotatable bonds is 5. The van der Waals surface area contributed by atoms with E-state index in [-0.39, 0.29) is 0 Å². The zero-order chi connectivity index (χ0) is 17.8. The lowest BCUT2D eigenvalue weighted by atomic mass is 10.1. The van der Waals surface area contributed by atoms with Gasteiger partial charge in [0.25, 0.3) is 5.89 Å². The van der Waals surface area contributed by atoms with E-state index in [2.05, 4.69) is 25.4 Å². The largest absolute Gasteiger partial charge is 0.365 e. The molecule has 0 atom stereocenters. The van der Waals surface area contributed by atoms with Crippen molar-refractivity contribution >= 4 is 5.82 Å². The summed E-state index contributed by atoms with van der Waals surface area (Å²) in [6, 6.07) is 15.7. The van der Waals surface area contributed by atoms with Gasteiger partial charge in [0.1, 0.15) is 5.82 Å². The minimum absolute atomic E-state index is 0.434. The van der Waals surface area contributed by atoms with Crippen molar-refractivity contribution < 1.29 is 4.52 Å². The number of benzene rings is 1. The summed E-state index contributed by atoms with van der Waals surface area (Å²) in [5, 5.41) is 7.42. The lowest BCUT2D eigenvalue weighted by molar-refractivity contribution is 0.432. The molecule has 0 saturated heterocycles. The summed E-state index contributed by atoms with van der Waals surface area (Å²) >= 11 is 0. The molecule has 0 spiro atoms. The number of hydrogen-bond donors (Lipinski definition) is 1. The second-order valence-corrected chi connectivity index (χ2v) is 5.91. The fourth-order valence-electron chi connectivity index (χ4n) is 2.64. The molecule has 0 saturated carbocycles. The van der Waals surface area contributed by atoms with E-state index in [0.29, 0.717) is 24.1 Å². The minimum atomic E-state index is 0.434.